The van der Waals surface area contributed by atoms with Gasteiger partial charge >= 0.3 is 0 Å². The van der Waals surface area contributed by atoms with E-state index in [1.165, 1.54) is 25.0 Å². The molecule has 2 N–H and O–H groups in total. The maximum Gasteiger partial charge on any atom is 0.200 e. The van der Waals surface area contributed by atoms with Gasteiger partial charge in [0.2, 0.25) is 5.82 Å². The van der Waals surface area contributed by atoms with Gasteiger partial charge in [0.25, 0.3) is 0 Å². The molecule has 3 aliphatic carbocycles. The van der Waals surface area contributed by atoms with Crippen molar-refractivity contribution in [2.24, 2.45) is 17.8 Å². The highest BCUT2D eigenvalue weighted by Crippen LogP contribution is 2.45. The van der Waals surface area contributed by atoms with Gasteiger partial charge in [0, 0.05) is 12.2 Å². The molecule has 232 valence electrons. The van der Waals surface area contributed by atoms with Crippen molar-refractivity contribution < 1.29 is 32.5 Å². The number of phenols is 1. The lowest BCUT2D eigenvalue weighted by atomic mass is 9.68. The van der Waals surface area contributed by atoms with Crippen LogP contribution < -0.4 is 0 Å². The highest BCUT2D eigenvalue weighted by atomic mass is 19.2. The normalized spacial score (nSPS) is 29.4. The van der Waals surface area contributed by atoms with Gasteiger partial charge < -0.3 is 14.9 Å². The van der Waals surface area contributed by atoms with Crippen molar-refractivity contribution >= 4 is 0 Å². The first kappa shape index (κ1) is 31.3. The van der Waals surface area contributed by atoms with E-state index in [1.54, 1.807) is 12.1 Å². The molecule has 3 fully saturated rings. The summed E-state index contributed by atoms with van der Waals surface area (Å²) >= 11 is 0. The van der Waals surface area contributed by atoms with E-state index in [-0.39, 0.29) is 23.5 Å². The number of ether oxygens (including phenoxy) is 1. The average Bonchev–Trinajstić information content (AvgIpc) is 3.01. The number of aliphatic hydroxyl groups excluding tert-OH is 1. The monoisotopic (exact) mass is 590 g/mol. The zero-order chi connectivity index (χ0) is 29.8. The van der Waals surface area contributed by atoms with Gasteiger partial charge in [-0.1, -0.05) is 31.5 Å². The molecule has 3 nitrogen and oxygen atoms in total. The largest absolute Gasteiger partial charge is 0.505 e. The van der Waals surface area contributed by atoms with Gasteiger partial charge in [0.15, 0.2) is 23.2 Å². The van der Waals surface area contributed by atoms with Crippen LogP contribution in [0.1, 0.15) is 131 Å². The second-order valence-corrected chi connectivity index (χ2v) is 13.2. The van der Waals surface area contributed by atoms with Crippen LogP contribution in [0.2, 0.25) is 0 Å². The summed E-state index contributed by atoms with van der Waals surface area (Å²) in [7, 11) is 0. The summed E-state index contributed by atoms with van der Waals surface area (Å²) in [5.41, 5.74) is 0.876. The van der Waals surface area contributed by atoms with Crippen molar-refractivity contribution in [3.63, 3.8) is 0 Å². The molecule has 7 heteroatoms. The van der Waals surface area contributed by atoms with Gasteiger partial charge in [-0.3, -0.25) is 0 Å². The molecule has 2 aromatic carbocycles. The summed E-state index contributed by atoms with van der Waals surface area (Å²) in [5, 5.41) is 19.5. The Labute approximate surface area is 247 Å². The topological polar surface area (TPSA) is 49.7 Å². The Hall–Kier alpha value is -2.12. The quantitative estimate of drug-likeness (QED) is 0.286. The number of hydrogen-bond donors (Lipinski definition) is 2. The molecule has 0 saturated heterocycles. The number of phenolic OH excluding ortho intramolecular Hbond substituents is 1. The molecule has 0 spiro atoms. The molecule has 0 aromatic heterocycles. The summed E-state index contributed by atoms with van der Waals surface area (Å²) in [6, 6.07) is 6.01. The van der Waals surface area contributed by atoms with E-state index in [0.717, 1.165) is 70.8 Å². The molecule has 42 heavy (non-hydrogen) atoms. The molecule has 1 atom stereocenters. The molecule has 1 unspecified atom stereocenters. The number of aliphatic hydroxyl groups is 1. The molecule has 2 aromatic rings. The summed E-state index contributed by atoms with van der Waals surface area (Å²) in [6.45, 7) is 2.66. The van der Waals surface area contributed by atoms with E-state index in [1.807, 2.05) is 6.92 Å². The van der Waals surface area contributed by atoms with E-state index < -0.39 is 35.1 Å². The Morgan fingerprint density at radius 3 is 1.81 bits per heavy atom. The van der Waals surface area contributed by atoms with Crippen molar-refractivity contribution in [2.45, 2.75) is 121 Å². The molecule has 0 aliphatic heterocycles. The van der Waals surface area contributed by atoms with Crippen LogP contribution in [0.5, 0.6) is 5.75 Å². The zero-order valence-corrected chi connectivity index (χ0v) is 24.8. The van der Waals surface area contributed by atoms with Crippen molar-refractivity contribution in [1.82, 2.24) is 0 Å². The Bertz CT molecular complexity index is 1180. The molecule has 5 rings (SSSR count). The lowest BCUT2D eigenvalue weighted by Crippen LogP contribution is -2.29. The second-order valence-electron chi connectivity index (χ2n) is 13.2. The third-order valence-electron chi connectivity index (χ3n) is 10.6. The molecule has 0 amide bonds. The number of benzene rings is 2. The third-order valence-corrected chi connectivity index (χ3v) is 10.6. The van der Waals surface area contributed by atoms with Gasteiger partial charge in [-0.25, -0.2) is 13.2 Å². The summed E-state index contributed by atoms with van der Waals surface area (Å²) in [4.78, 5) is 0. The SMILES string of the molecule is CCCC(O)c1ccc(C2CCC(OCC3CCC(C4CCC(c5ccc(O)c(F)c5F)CC4)CC3)CC2)c(F)c1F. The van der Waals surface area contributed by atoms with Crippen LogP contribution in [0, 0.1) is 41.0 Å². The van der Waals surface area contributed by atoms with Crippen LogP contribution in [0.4, 0.5) is 17.6 Å². The maximum absolute atomic E-state index is 14.9. The number of hydrogen-bond acceptors (Lipinski definition) is 3. The number of aromatic hydroxyl groups is 1. The Balaban J connectivity index is 1.02. The fraction of sp³-hybridized carbons (Fsp3) is 0.657. The maximum atomic E-state index is 14.9. The first-order valence-electron chi connectivity index (χ1n) is 16.2. The Kier molecular flexibility index (Phi) is 10.5. The van der Waals surface area contributed by atoms with Gasteiger partial charge in [-0.2, -0.15) is 4.39 Å². The standard InChI is InChI=1S/C35H46F4O3/c1-2-3-30(40)29-17-16-27(32(36)34(29)38)25-12-14-26(15-13-25)42-20-21-4-6-22(7-5-21)23-8-10-24(11-9-23)28-18-19-31(41)35(39)33(28)37/h16-19,21-26,30,40-41H,2-15,20H2,1H3. The minimum absolute atomic E-state index is 0.0183. The van der Waals surface area contributed by atoms with Gasteiger partial charge in [-0.05, 0) is 130 Å². The lowest BCUT2D eigenvalue weighted by Gasteiger charge is -2.38. The number of rotatable bonds is 9. The van der Waals surface area contributed by atoms with E-state index in [4.69, 9.17) is 4.74 Å². The van der Waals surface area contributed by atoms with Gasteiger partial charge in [0.1, 0.15) is 0 Å². The predicted octanol–water partition coefficient (Wildman–Crippen LogP) is 9.61. The molecule has 0 radical (unpaired) electrons. The van der Waals surface area contributed by atoms with Crippen molar-refractivity contribution in [2.75, 3.05) is 6.61 Å². The van der Waals surface area contributed by atoms with E-state index in [9.17, 15) is 27.8 Å². The van der Waals surface area contributed by atoms with Gasteiger partial charge in [0.05, 0.1) is 12.2 Å². The predicted molar refractivity (Wildman–Crippen MR) is 155 cm³/mol. The van der Waals surface area contributed by atoms with E-state index >= 15 is 0 Å². The first-order valence-corrected chi connectivity index (χ1v) is 16.2. The van der Waals surface area contributed by atoms with Gasteiger partial charge in [-0.15, -0.1) is 0 Å². The number of halogens is 4. The van der Waals surface area contributed by atoms with Crippen LogP contribution in [-0.4, -0.2) is 22.9 Å². The average molecular weight is 591 g/mol. The van der Waals surface area contributed by atoms with E-state index in [0.29, 0.717) is 41.7 Å². The van der Waals surface area contributed by atoms with Crippen LogP contribution in [0.3, 0.4) is 0 Å². The Morgan fingerprint density at radius 2 is 1.21 bits per heavy atom. The summed E-state index contributed by atoms with van der Waals surface area (Å²) in [5.74, 6) is -2.50. The highest BCUT2D eigenvalue weighted by Gasteiger charge is 2.33. The molecular formula is C35H46F4O3. The zero-order valence-electron chi connectivity index (χ0n) is 24.8. The van der Waals surface area contributed by atoms with Crippen molar-refractivity contribution in [3.05, 3.63) is 64.2 Å². The molecule has 3 saturated carbocycles. The fourth-order valence-electron chi connectivity index (χ4n) is 7.99. The van der Waals surface area contributed by atoms with Crippen LogP contribution in [-0.2, 0) is 4.74 Å². The first-order chi connectivity index (χ1) is 20.3. The van der Waals surface area contributed by atoms with Crippen molar-refractivity contribution in [3.8, 4) is 5.75 Å². The molecule has 0 heterocycles. The lowest BCUT2D eigenvalue weighted by molar-refractivity contribution is -0.00763. The van der Waals surface area contributed by atoms with Crippen molar-refractivity contribution in [1.29, 1.82) is 0 Å². The minimum Gasteiger partial charge on any atom is -0.505 e. The fourth-order valence-corrected chi connectivity index (χ4v) is 7.99. The summed E-state index contributed by atoms with van der Waals surface area (Å²) < 4.78 is 64.1. The Morgan fingerprint density at radius 1 is 0.690 bits per heavy atom. The van der Waals surface area contributed by atoms with Crippen LogP contribution in [0.15, 0.2) is 24.3 Å². The molecular weight excluding hydrogens is 544 g/mol. The second kappa shape index (κ2) is 14.1. The molecule has 3 aliphatic rings. The van der Waals surface area contributed by atoms with E-state index in [2.05, 4.69) is 0 Å². The molecule has 0 bridgehead atoms. The smallest absolute Gasteiger partial charge is 0.200 e. The van der Waals surface area contributed by atoms with Crippen LogP contribution >= 0.6 is 0 Å². The third kappa shape index (κ3) is 6.99. The highest BCUT2D eigenvalue weighted by molar-refractivity contribution is 5.32. The summed E-state index contributed by atoms with van der Waals surface area (Å²) in [6.07, 6.45) is 12.0. The minimum atomic E-state index is -1.14. The van der Waals surface area contributed by atoms with Crippen LogP contribution in [0.25, 0.3) is 0 Å².